The van der Waals surface area contributed by atoms with Gasteiger partial charge in [0.25, 0.3) is 5.56 Å². The van der Waals surface area contributed by atoms with Crippen LogP contribution in [0, 0.1) is 0 Å². The molecule has 0 saturated heterocycles. The summed E-state index contributed by atoms with van der Waals surface area (Å²) in [6.45, 7) is 0.213. The van der Waals surface area contributed by atoms with E-state index in [9.17, 15) is 9.59 Å². The van der Waals surface area contributed by atoms with Crippen molar-refractivity contribution >= 4 is 46.5 Å². The second kappa shape index (κ2) is 8.37. The third-order valence-electron chi connectivity index (χ3n) is 4.75. The van der Waals surface area contributed by atoms with Gasteiger partial charge in [-0.2, -0.15) is 10.1 Å². The quantitative estimate of drug-likeness (QED) is 0.366. The predicted octanol–water partition coefficient (Wildman–Crippen LogP) is 2.63. The van der Waals surface area contributed by atoms with Crippen molar-refractivity contribution in [1.29, 1.82) is 0 Å². The van der Waals surface area contributed by atoms with Gasteiger partial charge >= 0.3 is 5.69 Å². The molecule has 31 heavy (non-hydrogen) atoms. The molecule has 0 aliphatic rings. The Hall–Kier alpha value is -3.43. The van der Waals surface area contributed by atoms with Gasteiger partial charge < -0.3 is 0 Å². The topological polar surface area (TPSA) is 99.1 Å². The number of fused-ring (bicyclic) bond motifs is 1. The van der Waals surface area contributed by atoms with Gasteiger partial charge in [0.15, 0.2) is 11.2 Å². The lowest BCUT2D eigenvalue weighted by atomic mass is 10.2. The number of nitrogens with zero attached hydrogens (tertiary/aromatic N) is 6. The van der Waals surface area contributed by atoms with Crippen LogP contribution in [0.25, 0.3) is 11.2 Å². The van der Waals surface area contributed by atoms with Crippen molar-refractivity contribution in [3.8, 4) is 0 Å². The van der Waals surface area contributed by atoms with Gasteiger partial charge in [-0.15, -0.1) is 0 Å². The molecule has 4 rings (SSSR count). The maximum atomic E-state index is 12.9. The van der Waals surface area contributed by atoms with Crippen LogP contribution in [0.4, 0.5) is 5.95 Å². The number of aromatic nitrogens is 5. The minimum Gasteiger partial charge on any atom is -0.298 e. The maximum Gasteiger partial charge on any atom is 0.332 e. The summed E-state index contributed by atoms with van der Waals surface area (Å²) in [6, 6.07) is 8.74. The number of pyridine rings is 1. The van der Waals surface area contributed by atoms with Gasteiger partial charge in [0.2, 0.25) is 5.95 Å². The van der Waals surface area contributed by atoms with E-state index in [1.807, 2.05) is 6.07 Å². The standard InChI is InChI=1S/C20H17Cl2N7O2/c1-27-17-16(18(30)28(2)20(27)31)29(11-13-5-6-14(21)8-15(13)22)19(25-17)26-24-10-12-4-3-7-23-9-12/h3-10H,11H2,1-2H3,(H,25,26). The van der Waals surface area contributed by atoms with Crippen LogP contribution in [0.2, 0.25) is 10.0 Å². The fourth-order valence-corrected chi connectivity index (χ4v) is 3.59. The number of hydrazone groups is 1. The van der Waals surface area contributed by atoms with Crippen molar-refractivity contribution in [2.75, 3.05) is 5.43 Å². The van der Waals surface area contributed by atoms with Crippen LogP contribution >= 0.6 is 23.2 Å². The van der Waals surface area contributed by atoms with Gasteiger partial charge in [0, 0.05) is 42.1 Å². The lowest BCUT2D eigenvalue weighted by Gasteiger charge is -2.11. The van der Waals surface area contributed by atoms with Crippen molar-refractivity contribution in [1.82, 2.24) is 23.7 Å². The Morgan fingerprint density at radius 2 is 1.97 bits per heavy atom. The first-order chi connectivity index (χ1) is 14.9. The molecule has 0 aliphatic carbocycles. The number of anilines is 1. The number of imidazole rings is 1. The summed E-state index contributed by atoms with van der Waals surface area (Å²) in [6.07, 6.45) is 4.89. The Morgan fingerprint density at radius 3 is 2.68 bits per heavy atom. The maximum absolute atomic E-state index is 12.9. The highest BCUT2D eigenvalue weighted by Gasteiger charge is 2.20. The second-order valence-corrected chi connectivity index (χ2v) is 7.64. The molecule has 11 heteroatoms. The van der Waals surface area contributed by atoms with E-state index in [1.54, 1.807) is 54.5 Å². The second-order valence-electron chi connectivity index (χ2n) is 6.79. The molecule has 0 amide bonds. The number of aryl methyl sites for hydroxylation is 1. The Labute approximate surface area is 186 Å². The smallest absolute Gasteiger partial charge is 0.298 e. The third kappa shape index (κ3) is 3.97. The molecule has 0 radical (unpaired) electrons. The number of rotatable bonds is 5. The summed E-state index contributed by atoms with van der Waals surface area (Å²) in [5.74, 6) is 0.277. The largest absolute Gasteiger partial charge is 0.332 e. The molecule has 1 N–H and O–H groups in total. The molecule has 0 fully saturated rings. The van der Waals surface area contributed by atoms with Crippen LogP contribution in [0.1, 0.15) is 11.1 Å². The van der Waals surface area contributed by atoms with Crippen LogP contribution in [0.15, 0.2) is 57.4 Å². The zero-order valence-corrected chi connectivity index (χ0v) is 18.1. The van der Waals surface area contributed by atoms with E-state index >= 15 is 0 Å². The van der Waals surface area contributed by atoms with Gasteiger partial charge in [-0.05, 0) is 23.8 Å². The van der Waals surface area contributed by atoms with Gasteiger partial charge in [-0.3, -0.25) is 23.5 Å². The molecule has 0 bridgehead atoms. The Bertz CT molecular complexity index is 1420. The number of nitrogens with one attached hydrogen (secondary N) is 1. The van der Waals surface area contributed by atoms with Crippen LogP contribution in [0.3, 0.4) is 0 Å². The first-order valence-electron chi connectivity index (χ1n) is 9.16. The Morgan fingerprint density at radius 1 is 1.16 bits per heavy atom. The van der Waals surface area contributed by atoms with Gasteiger partial charge in [-0.1, -0.05) is 35.3 Å². The zero-order chi connectivity index (χ0) is 22.1. The summed E-state index contributed by atoms with van der Waals surface area (Å²) in [4.78, 5) is 33.8. The fraction of sp³-hybridized carbons (Fsp3) is 0.150. The number of hydrogen-bond acceptors (Lipinski definition) is 6. The normalized spacial score (nSPS) is 11.5. The third-order valence-corrected chi connectivity index (χ3v) is 5.34. The number of halogens is 2. The summed E-state index contributed by atoms with van der Waals surface area (Å²) in [5.41, 5.74) is 3.89. The molecular formula is C20H17Cl2N7O2. The molecule has 1 aromatic carbocycles. The van der Waals surface area contributed by atoms with Crippen molar-refractivity contribution in [3.63, 3.8) is 0 Å². The molecule has 4 aromatic rings. The van der Waals surface area contributed by atoms with E-state index in [1.165, 1.54) is 11.6 Å². The van der Waals surface area contributed by atoms with Crippen LogP contribution in [0.5, 0.6) is 0 Å². The summed E-state index contributed by atoms with van der Waals surface area (Å²) in [7, 11) is 2.98. The minimum atomic E-state index is -0.475. The fourth-order valence-electron chi connectivity index (χ4n) is 3.12. The Balaban J connectivity index is 1.86. The molecular weight excluding hydrogens is 441 g/mol. The lowest BCUT2D eigenvalue weighted by molar-refractivity contribution is 0.702. The molecule has 9 nitrogen and oxygen atoms in total. The number of benzene rings is 1. The summed E-state index contributed by atoms with van der Waals surface area (Å²) >= 11 is 12.4. The molecule has 0 spiro atoms. The first-order valence-corrected chi connectivity index (χ1v) is 9.91. The van der Waals surface area contributed by atoms with Gasteiger partial charge in [0.1, 0.15) is 0 Å². The van der Waals surface area contributed by atoms with E-state index in [0.29, 0.717) is 10.0 Å². The minimum absolute atomic E-state index is 0.213. The SMILES string of the molecule is Cn1c(=O)c2c(nc(NN=Cc3cccnc3)n2Cc2ccc(Cl)cc2Cl)n(C)c1=O. The average molecular weight is 458 g/mol. The zero-order valence-electron chi connectivity index (χ0n) is 16.6. The van der Waals surface area contributed by atoms with E-state index in [4.69, 9.17) is 23.2 Å². The lowest BCUT2D eigenvalue weighted by Crippen LogP contribution is -2.37. The van der Waals surface area contributed by atoms with Crippen LogP contribution in [-0.2, 0) is 20.6 Å². The van der Waals surface area contributed by atoms with Crippen molar-refractivity contribution in [2.45, 2.75) is 6.54 Å². The molecule has 0 saturated carbocycles. The van der Waals surface area contributed by atoms with Gasteiger partial charge in [0.05, 0.1) is 12.8 Å². The van der Waals surface area contributed by atoms with Crippen molar-refractivity contribution in [3.05, 3.63) is 84.7 Å². The molecule has 3 aromatic heterocycles. The molecule has 158 valence electrons. The molecule has 0 atom stereocenters. The van der Waals surface area contributed by atoms with Crippen molar-refractivity contribution < 1.29 is 0 Å². The predicted molar refractivity (Wildman–Crippen MR) is 121 cm³/mol. The average Bonchev–Trinajstić information content (AvgIpc) is 3.12. The van der Waals surface area contributed by atoms with Crippen molar-refractivity contribution in [2.24, 2.45) is 19.2 Å². The van der Waals surface area contributed by atoms with Crippen LogP contribution in [-0.4, -0.2) is 29.9 Å². The first kappa shape index (κ1) is 20.8. The number of hydrogen-bond donors (Lipinski definition) is 1. The van der Waals surface area contributed by atoms with E-state index in [0.717, 1.165) is 15.7 Å². The Kier molecular flexibility index (Phi) is 5.62. The molecule has 0 aliphatic heterocycles. The van der Waals surface area contributed by atoms with Crippen LogP contribution < -0.4 is 16.7 Å². The van der Waals surface area contributed by atoms with E-state index in [2.05, 4.69) is 20.5 Å². The highest BCUT2D eigenvalue weighted by molar-refractivity contribution is 6.35. The summed E-state index contributed by atoms with van der Waals surface area (Å²) < 4.78 is 3.98. The highest BCUT2D eigenvalue weighted by atomic mass is 35.5. The van der Waals surface area contributed by atoms with Gasteiger partial charge in [-0.25, -0.2) is 10.2 Å². The summed E-state index contributed by atoms with van der Waals surface area (Å²) in [5, 5.41) is 5.15. The molecule has 3 heterocycles. The molecule has 0 unspecified atom stereocenters. The highest BCUT2D eigenvalue weighted by Crippen LogP contribution is 2.24. The van der Waals surface area contributed by atoms with E-state index in [-0.39, 0.29) is 23.7 Å². The monoisotopic (exact) mass is 457 g/mol. The van der Waals surface area contributed by atoms with E-state index < -0.39 is 11.2 Å².